The monoisotopic (exact) mass is 263 g/mol. The predicted octanol–water partition coefficient (Wildman–Crippen LogP) is 2.56. The molecule has 0 aromatic heterocycles. The molecule has 0 aliphatic heterocycles. The van der Waals surface area contributed by atoms with Gasteiger partial charge < -0.3 is 15.1 Å². The van der Waals surface area contributed by atoms with Gasteiger partial charge in [-0.3, -0.25) is 0 Å². The van der Waals surface area contributed by atoms with Gasteiger partial charge in [0, 0.05) is 38.9 Å². The number of hydrogen-bond donors (Lipinski definition) is 1. The van der Waals surface area contributed by atoms with Crippen LogP contribution >= 0.6 is 0 Å². The van der Waals surface area contributed by atoms with Crippen molar-refractivity contribution in [3.63, 3.8) is 0 Å². The Morgan fingerprint density at radius 2 is 1.79 bits per heavy atom. The zero-order chi connectivity index (χ0) is 14.1. The Kier molecular flexibility index (Phi) is 6.79. The third-order valence-electron chi connectivity index (χ3n) is 3.19. The largest absolute Gasteiger partial charge is 0.375 e. The number of benzene rings is 1. The maximum Gasteiger partial charge on any atom is 0.317 e. The molecule has 0 bridgehead atoms. The molecule has 0 fully saturated rings. The second-order valence-electron chi connectivity index (χ2n) is 4.51. The summed E-state index contributed by atoms with van der Waals surface area (Å²) in [6.07, 6.45) is 0.943. The Morgan fingerprint density at radius 3 is 2.37 bits per heavy atom. The van der Waals surface area contributed by atoms with Crippen LogP contribution in [0, 0.1) is 0 Å². The van der Waals surface area contributed by atoms with Crippen molar-refractivity contribution in [3.05, 3.63) is 30.3 Å². The molecule has 1 aromatic carbocycles. The summed E-state index contributed by atoms with van der Waals surface area (Å²) in [4.78, 5) is 15.7. The summed E-state index contributed by atoms with van der Waals surface area (Å²) in [5.74, 6) is 0. The Morgan fingerprint density at radius 1 is 1.16 bits per heavy atom. The molecule has 0 atom stereocenters. The first-order valence-corrected chi connectivity index (χ1v) is 6.98. The number of amides is 2. The summed E-state index contributed by atoms with van der Waals surface area (Å²) in [5, 5.41) is 2.95. The molecule has 19 heavy (non-hydrogen) atoms. The molecule has 4 heteroatoms. The van der Waals surface area contributed by atoms with Crippen molar-refractivity contribution in [2.45, 2.75) is 20.3 Å². The highest BCUT2D eigenvalue weighted by Crippen LogP contribution is 2.10. The smallest absolute Gasteiger partial charge is 0.317 e. The van der Waals surface area contributed by atoms with Crippen molar-refractivity contribution in [1.82, 2.24) is 10.2 Å². The Labute approximate surface area is 116 Å². The van der Waals surface area contributed by atoms with Crippen LogP contribution in [0.15, 0.2) is 30.3 Å². The highest BCUT2D eigenvalue weighted by Gasteiger charge is 2.07. The summed E-state index contributed by atoms with van der Waals surface area (Å²) in [6, 6.07) is 10.3. The molecule has 0 heterocycles. The number of rotatable bonds is 7. The molecule has 0 aliphatic carbocycles. The van der Waals surface area contributed by atoms with E-state index in [1.165, 1.54) is 5.69 Å². The van der Waals surface area contributed by atoms with E-state index in [2.05, 4.69) is 29.4 Å². The summed E-state index contributed by atoms with van der Waals surface area (Å²) in [6.45, 7) is 7.14. The van der Waals surface area contributed by atoms with E-state index >= 15 is 0 Å². The summed E-state index contributed by atoms with van der Waals surface area (Å²) in [5.41, 5.74) is 1.21. The molecule has 1 N–H and O–H groups in total. The van der Waals surface area contributed by atoms with Gasteiger partial charge in [0.25, 0.3) is 0 Å². The quantitative estimate of drug-likeness (QED) is 0.767. The fourth-order valence-electron chi connectivity index (χ4n) is 1.95. The molecular weight excluding hydrogens is 238 g/mol. The molecule has 0 saturated heterocycles. The molecular formula is C15H25N3O. The third-order valence-corrected chi connectivity index (χ3v) is 3.19. The molecule has 4 nitrogen and oxygen atoms in total. The fraction of sp³-hybridized carbons (Fsp3) is 0.533. The zero-order valence-electron chi connectivity index (χ0n) is 12.2. The predicted molar refractivity (Wildman–Crippen MR) is 80.6 cm³/mol. The van der Waals surface area contributed by atoms with Crippen LogP contribution in [0.3, 0.4) is 0 Å². The van der Waals surface area contributed by atoms with Crippen LogP contribution in [0.1, 0.15) is 20.3 Å². The van der Waals surface area contributed by atoms with Gasteiger partial charge in [0.15, 0.2) is 0 Å². The number of carbonyl (C=O) groups is 1. The number of carbonyl (C=O) groups excluding carboxylic acids is 1. The third kappa shape index (κ3) is 5.20. The standard InChI is InChI=1S/C15H25N3O/c1-4-18(5-2)15(19)16-12-9-13-17(3)14-10-7-6-8-11-14/h6-8,10-11H,4-5,9,12-13H2,1-3H3,(H,16,19). The van der Waals surface area contributed by atoms with Crippen LogP contribution in [0.4, 0.5) is 10.5 Å². The summed E-state index contributed by atoms with van der Waals surface area (Å²) >= 11 is 0. The van der Waals surface area contributed by atoms with Crippen molar-refractivity contribution < 1.29 is 4.79 Å². The average molecular weight is 263 g/mol. The van der Waals surface area contributed by atoms with Crippen molar-refractivity contribution in [1.29, 1.82) is 0 Å². The Balaban J connectivity index is 2.22. The Bertz CT molecular complexity index is 363. The highest BCUT2D eigenvalue weighted by atomic mass is 16.2. The van der Waals surface area contributed by atoms with Crippen molar-refractivity contribution >= 4 is 11.7 Å². The van der Waals surface area contributed by atoms with Gasteiger partial charge in [0.2, 0.25) is 0 Å². The number of hydrogen-bond acceptors (Lipinski definition) is 2. The van der Waals surface area contributed by atoms with Crippen molar-refractivity contribution in [3.8, 4) is 0 Å². The normalized spacial score (nSPS) is 10.1. The van der Waals surface area contributed by atoms with Gasteiger partial charge in [0.05, 0.1) is 0 Å². The van der Waals surface area contributed by atoms with Crippen LogP contribution in [0.5, 0.6) is 0 Å². The number of nitrogens with zero attached hydrogens (tertiary/aromatic N) is 2. The molecule has 1 rings (SSSR count). The topological polar surface area (TPSA) is 35.6 Å². The van der Waals surface area contributed by atoms with E-state index in [9.17, 15) is 4.79 Å². The van der Waals surface area contributed by atoms with E-state index < -0.39 is 0 Å². The fourth-order valence-corrected chi connectivity index (χ4v) is 1.95. The molecule has 0 radical (unpaired) electrons. The number of para-hydroxylation sites is 1. The number of urea groups is 1. The maximum absolute atomic E-state index is 11.7. The minimum atomic E-state index is 0.0346. The maximum atomic E-state index is 11.7. The van der Waals surface area contributed by atoms with Crippen LogP contribution in [-0.2, 0) is 0 Å². The van der Waals surface area contributed by atoms with Gasteiger partial charge in [-0.15, -0.1) is 0 Å². The van der Waals surface area contributed by atoms with Gasteiger partial charge in [-0.25, -0.2) is 4.79 Å². The highest BCUT2D eigenvalue weighted by molar-refractivity contribution is 5.73. The van der Waals surface area contributed by atoms with Crippen LogP contribution in [0.25, 0.3) is 0 Å². The molecule has 0 spiro atoms. The van der Waals surface area contributed by atoms with E-state index in [1.54, 1.807) is 4.90 Å². The lowest BCUT2D eigenvalue weighted by Crippen LogP contribution is -2.40. The first kappa shape index (κ1) is 15.3. The first-order valence-electron chi connectivity index (χ1n) is 6.98. The lowest BCUT2D eigenvalue weighted by molar-refractivity contribution is 0.203. The molecule has 0 unspecified atom stereocenters. The van der Waals surface area contributed by atoms with Crippen molar-refractivity contribution in [2.75, 3.05) is 38.1 Å². The molecule has 1 aromatic rings. The van der Waals surface area contributed by atoms with Gasteiger partial charge in [-0.05, 0) is 32.4 Å². The van der Waals surface area contributed by atoms with Gasteiger partial charge in [0.1, 0.15) is 0 Å². The number of anilines is 1. The molecule has 0 saturated carbocycles. The second kappa shape index (κ2) is 8.40. The van der Waals surface area contributed by atoms with Gasteiger partial charge >= 0.3 is 6.03 Å². The van der Waals surface area contributed by atoms with Gasteiger partial charge in [-0.2, -0.15) is 0 Å². The van der Waals surface area contributed by atoms with E-state index in [0.717, 1.165) is 26.1 Å². The van der Waals surface area contributed by atoms with E-state index in [-0.39, 0.29) is 6.03 Å². The minimum Gasteiger partial charge on any atom is -0.375 e. The number of nitrogens with one attached hydrogen (secondary N) is 1. The molecule has 0 aliphatic rings. The second-order valence-corrected chi connectivity index (χ2v) is 4.51. The van der Waals surface area contributed by atoms with E-state index in [1.807, 2.05) is 32.0 Å². The minimum absolute atomic E-state index is 0.0346. The van der Waals surface area contributed by atoms with E-state index in [4.69, 9.17) is 0 Å². The Hall–Kier alpha value is -1.71. The van der Waals surface area contributed by atoms with Crippen LogP contribution in [-0.4, -0.2) is 44.2 Å². The summed E-state index contributed by atoms with van der Waals surface area (Å²) < 4.78 is 0. The lowest BCUT2D eigenvalue weighted by Gasteiger charge is -2.21. The van der Waals surface area contributed by atoms with Crippen LogP contribution < -0.4 is 10.2 Å². The molecule has 2 amide bonds. The average Bonchev–Trinajstić information content (AvgIpc) is 2.45. The van der Waals surface area contributed by atoms with Crippen molar-refractivity contribution in [2.24, 2.45) is 0 Å². The van der Waals surface area contributed by atoms with E-state index in [0.29, 0.717) is 6.54 Å². The molecule has 106 valence electrons. The van der Waals surface area contributed by atoms with Gasteiger partial charge in [-0.1, -0.05) is 18.2 Å². The SMILES string of the molecule is CCN(CC)C(=O)NCCCN(C)c1ccccc1. The zero-order valence-corrected chi connectivity index (χ0v) is 12.2. The summed E-state index contributed by atoms with van der Waals surface area (Å²) in [7, 11) is 2.07. The van der Waals surface area contributed by atoms with Crippen LogP contribution in [0.2, 0.25) is 0 Å². The first-order chi connectivity index (χ1) is 9.19. The lowest BCUT2D eigenvalue weighted by atomic mass is 10.3.